The van der Waals surface area contributed by atoms with Gasteiger partial charge in [-0.25, -0.2) is 13.1 Å². The highest BCUT2D eigenvalue weighted by Crippen LogP contribution is 2.15. The van der Waals surface area contributed by atoms with Crippen molar-refractivity contribution in [1.29, 1.82) is 0 Å². The van der Waals surface area contributed by atoms with Crippen LogP contribution in [0.3, 0.4) is 0 Å². The van der Waals surface area contributed by atoms with Crippen LogP contribution in [0.15, 0.2) is 83.8 Å². The Labute approximate surface area is 200 Å². The van der Waals surface area contributed by atoms with Crippen LogP contribution in [0.2, 0.25) is 0 Å². The van der Waals surface area contributed by atoms with Crippen LogP contribution in [-0.2, 0) is 16.4 Å². The molecule has 0 radical (unpaired) electrons. The Balaban J connectivity index is 1.54. The topological polar surface area (TPSA) is 87.3 Å². The van der Waals surface area contributed by atoms with Crippen LogP contribution in [0.1, 0.15) is 15.9 Å². The third kappa shape index (κ3) is 6.82. The van der Waals surface area contributed by atoms with E-state index >= 15 is 0 Å². The normalized spacial score (nSPS) is 11.0. The number of halogens is 1. The Morgan fingerprint density at radius 2 is 1.55 bits per heavy atom. The summed E-state index contributed by atoms with van der Waals surface area (Å²) in [5.41, 5.74) is 2.15. The lowest BCUT2D eigenvalue weighted by molar-refractivity contribution is 0.0977. The molecule has 0 unspecified atom stereocenters. The summed E-state index contributed by atoms with van der Waals surface area (Å²) in [7, 11) is -3.62. The molecule has 0 heterocycles. The van der Waals surface area contributed by atoms with Crippen LogP contribution in [0.4, 0.5) is 5.69 Å². The number of hydrogen-bond donors (Lipinski definition) is 3. The van der Waals surface area contributed by atoms with Crippen molar-refractivity contribution in [2.24, 2.45) is 0 Å². The van der Waals surface area contributed by atoms with E-state index in [4.69, 9.17) is 12.2 Å². The van der Waals surface area contributed by atoms with Crippen molar-refractivity contribution in [3.63, 3.8) is 0 Å². The van der Waals surface area contributed by atoms with Gasteiger partial charge in [-0.05, 0) is 83.2 Å². The minimum Gasteiger partial charge on any atom is -0.332 e. The van der Waals surface area contributed by atoms with Gasteiger partial charge in [0.15, 0.2) is 5.11 Å². The molecule has 0 bridgehead atoms. The lowest BCUT2D eigenvalue weighted by atomic mass is 10.2. The van der Waals surface area contributed by atoms with E-state index in [0.717, 1.165) is 9.13 Å². The third-order valence-corrected chi connectivity index (χ3v) is 6.94. The van der Waals surface area contributed by atoms with Crippen LogP contribution in [-0.4, -0.2) is 26.0 Å². The summed E-state index contributed by atoms with van der Waals surface area (Å²) >= 11 is 7.27. The first kappa shape index (κ1) is 23.3. The number of sulfonamides is 1. The SMILES string of the molecule is O=C(NC(=S)Nc1ccc(S(=O)(=O)NCCc2ccccc2)cc1)c1ccccc1I. The van der Waals surface area contributed by atoms with Gasteiger partial charge in [0, 0.05) is 15.8 Å². The highest BCUT2D eigenvalue weighted by atomic mass is 127. The Morgan fingerprint density at radius 1 is 0.903 bits per heavy atom. The van der Waals surface area contributed by atoms with Crippen molar-refractivity contribution in [3.8, 4) is 0 Å². The maximum Gasteiger partial charge on any atom is 0.258 e. The van der Waals surface area contributed by atoms with Crippen molar-refractivity contribution in [1.82, 2.24) is 10.0 Å². The van der Waals surface area contributed by atoms with Crippen LogP contribution in [0.25, 0.3) is 0 Å². The first-order chi connectivity index (χ1) is 14.8. The van der Waals surface area contributed by atoms with Crippen LogP contribution < -0.4 is 15.4 Å². The Bertz CT molecular complexity index is 1170. The fourth-order valence-corrected chi connectivity index (χ4v) is 4.63. The second kappa shape index (κ2) is 10.8. The molecule has 3 aromatic carbocycles. The number of carbonyl (C=O) groups excluding carboxylic acids is 1. The molecule has 6 nitrogen and oxygen atoms in total. The van der Waals surface area contributed by atoms with Gasteiger partial charge in [0.25, 0.3) is 5.91 Å². The Hall–Kier alpha value is -2.34. The molecular weight excluding hydrogens is 545 g/mol. The molecule has 1 amide bonds. The average molecular weight is 565 g/mol. The van der Waals surface area contributed by atoms with E-state index < -0.39 is 10.0 Å². The summed E-state index contributed by atoms with van der Waals surface area (Å²) in [6, 6.07) is 23.0. The Kier molecular flexibility index (Phi) is 8.13. The number of amides is 1. The van der Waals surface area contributed by atoms with Crippen LogP contribution in [0.5, 0.6) is 0 Å². The minimum absolute atomic E-state index is 0.126. The van der Waals surface area contributed by atoms with Gasteiger partial charge in [0.1, 0.15) is 0 Å². The van der Waals surface area contributed by atoms with Crippen molar-refractivity contribution in [3.05, 3.63) is 93.6 Å². The highest BCUT2D eigenvalue weighted by molar-refractivity contribution is 14.1. The summed E-state index contributed by atoms with van der Waals surface area (Å²) in [6.07, 6.45) is 0.605. The van der Waals surface area contributed by atoms with Gasteiger partial charge in [-0.2, -0.15) is 0 Å². The molecule has 3 N–H and O–H groups in total. The molecule has 0 fully saturated rings. The van der Waals surface area contributed by atoms with E-state index in [1.54, 1.807) is 24.3 Å². The van der Waals surface area contributed by atoms with Gasteiger partial charge in [0.2, 0.25) is 10.0 Å². The van der Waals surface area contributed by atoms with Crippen LogP contribution >= 0.6 is 34.8 Å². The molecule has 0 saturated heterocycles. The first-order valence-corrected chi connectivity index (χ1v) is 12.3. The molecule has 0 aliphatic carbocycles. The number of nitrogens with one attached hydrogen (secondary N) is 3. The second-order valence-electron chi connectivity index (χ2n) is 6.55. The van der Waals surface area contributed by atoms with Gasteiger partial charge in [-0.3, -0.25) is 10.1 Å². The standard InChI is InChI=1S/C22H20IN3O3S2/c23-20-9-5-4-8-19(20)21(27)26-22(30)25-17-10-12-18(13-11-17)31(28,29)24-15-14-16-6-2-1-3-7-16/h1-13,24H,14-15H2,(H2,25,26,27,30). The third-order valence-electron chi connectivity index (χ3n) is 4.32. The molecule has 0 aliphatic rings. The van der Waals surface area contributed by atoms with E-state index in [-0.39, 0.29) is 15.9 Å². The smallest absolute Gasteiger partial charge is 0.258 e. The van der Waals surface area contributed by atoms with E-state index in [1.165, 1.54) is 12.1 Å². The van der Waals surface area contributed by atoms with Crippen molar-refractivity contribution in [2.75, 3.05) is 11.9 Å². The lowest BCUT2D eigenvalue weighted by Crippen LogP contribution is -2.34. The zero-order chi connectivity index (χ0) is 22.3. The quantitative estimate of drug-likeness (QED) is 0.299. The predicted molar refractivity (Wildman–Crippen MR) is 135 cm³/mol. The summed E-state index contributed by atoms with van der Waals surface area (Å²) in [4.78, 5) is 12.5. The minimum atomic E-state index is -3.62. The van der Waals surface area contributed by atoms with Gasteiger partial charge in [-0.1, -0.05) is 42.5 Å². The maximum atomic E-state index is 12.5. The van der Waals surface area contributed by atoms with E-state index in [1.807, 2.05) is 42.5 Å². The summed E-state index contributed by atoms with van der Waals surface area (Å²) < 4.78 is 28.4. The second-order valence-corrected chi connectivity index (χ2v) is 9.88. The number of hydrogen-bond acceptors (Lipinski definition) is 4. The Morgan fingerprint density at radius 3 is 2.23 bits per heavy atom. The van der Waals surface area contributed by atoms with Crippen molar-refractivity contribution in [2.45, 2.75) is 11.3 Å². The molecule has 0 atom stereocenters. The zero-order valence-corrected chi connectivity index (χ0v) is 20.1. The summed E-state index contributed by atoms with van der Waals surface area (Å²) in [5, 5.41) is 5.63. The van der Waals surface area contributed by atoms with E-state index in [0.29, 0.717) is 24.2 Å². The molecule has 0 aliphatic heterocycles. The van der Waals surface area contributed by atoms with E-state index in [2.05, 4.69) is 37.9 Å². The van der Waals surface area contributed by atoms with Gasteiger partial charge < -0.3 is 5.32 Å². The largest absolute Gasteiger partial charge is 0.332 e. The van der Waals surface area contributed by atoms with Crippen molar-refractivity contribution < 1.29 is 13.2 Å². The van der Waals surface area contributed by atoms with Gasteiger partial charge >= 0.3 is 0 Å². The van der Waals surface area contributed by atoms with Crippen LogP contribution in [0, 0.1) is 3.57 Å². The van der Waals surface area contributed by atoms with Gasteiger partial charge in [-0.15, -0.1) is 0 Å². The molecule has 31 heavy (non-hydrogen) atoms. The maximum absolute atomic E-state index is 12.5. The molecule has 3 rings (SSSR count). The number of carbonyl (C=O) groups is 1. The average Bonchev–Trinajstić information content (AvgIpc) is 2.75. The number of anilines is 1. The zero-order valence-electron chi connectivity index (χ0n) is 16.3. The van der Waals surface area contributed by atoms with E-state index in [9.17, 15) is 13.2 Å². The number of rotatable bonds is 7. The summed E-state index contributed by atoms with van der Waals surface area (Å²) in [5.74, 6) is -0.315. The van der Waals surface area contributed by atoms with Crippen molar-refractivity contribution >= 4 is 61.5 Å². The monoisotopic (exact) mass is 565 g/mol. The fourth-order valence-electron chi connectivity index (χ4n) is 2.75. The fraction of sp³-hybridized carbons (Fsp3) is 0.0909. The molecule has 9 heteroatoms. The molecular formula is C22H20IN3O3S2. The number of benzene rings is 3. The number of thiocarbonyl (C=S) groups is 1. The first-order valence-electron chi connectivity index (χ1n) is 9.36. The highest BCUT2D eigenvalue weighted by Gasteiger charge is 2.14. The molecule has 0 aromatic heterocycles. The molecule has 0 saturated carbocycles. The predicted octanol–water partition coefficient (Wildman–Crippen LogP) is 3.94. The molecule has 3 aromatic rings. The van der Waals surface area contributed by atoms with Gasteiger partial charge in [0.05, 0.1) is 10.5 Å². The lowest BCUT2D eigenvalue weighted by Gasteiger charge is -2.11. The molecule has 0 spiro atoms. The summed E-state index contributed by atoms with van der Waals surface area (Å²) in [6.45, 7) is 0.306. The molecule has 160 valence electrons.